The minimum absolute atomic E-state index is 0.222. The number of carbonyl (C=O) groups is 1. The Balaban J connectivity index is 1.51. The van der Waals surface area contributed by atoms with Gasteiger partial charge < -0.3 is 10.1 Å². The highest BCUT2D eigenvalue weighted by molar-refractivity contribution is 5.81. The second-order valence-electron chi connectivity index (χ2n) is 7.40. The van der Waals surface area contributed by atoms with E-state index in [1.165, 1.54) is 12.1 Å². The summed E-state index contributed by atoms with van der Waals surface area (Å²) < 4.78 is 20.8. The fourth-order valence-electron chi connectivity index (χ4n) is 3.29. The normalized spacial score (nSPS) is 11.4. The number of nitrogens with zero attached hydrogens (tertiary/aromatic N) is 3. The van der Waals surface area contributed by atoms with Crippen LogP contribution in [0.25, 0.3) is 16.9 Å². The molecule has 7 heteroatoms. The molecule has 1 N–H and O–H groups in total. The summed E-state index contributed by atoms with van der Waals surface area (Å²) in [5, 5.41) is 16.4. The third-order valence-electron chi connectivity index (χ3n) is 5.05. The topological polar surface area (TPSA) is 79.9 Å². The Hall–Kier alpha value is -4.44. The van der Waals surface area contributed by atoms with Gasteiger partial charge in [-0.1, -0.05) is 18.2 Å². The zero-order valence-electron chi connectivity index (χ0n) is 17.9. The molecule has 0 aliphatic heterocycles. The lowest BCUT2D eigenvalue weighted by Gasteiger charge is -2.14. The van der Waals surface area contributed by atoms with Gasteiger partial charge in [-0.3, -0.25) is 4.79 Å². The summed E-state index contributed by atoms with van der Waals surface area (Å²) in [6.07, 6.45) is 1.11. The van der Waals surface area contributed by atoms with Gasteiger partial charge >= 0.3 is 0 Å². The van der Waals surface area contributed by atoms with E-state index in [2.05, 4.69) is 10.4 Å². The molecule has 1 unspecified atom stereocenters. The molecule has 1 heterocycles. The van der Waals surface area contributed by atoms with Crippen LogP contribution in [0.4, 0.5) is 4.39 Å². The second kappa shape index (κ2) is 9.79. The first-order valence-corrected chi connectivity index (χ1v) is 10.4. The van der Waals surface area contributed by atoms with Gasteiger partial charge in [-0.2, -0.15) is 10.4 Å². The highest BCUT2D eigenvalue weighted by Gasteiger charge is 2.17. The summed E-state index contributed by atoms with van der Waals surface area (Å²) in [6.45, 7) is 1.88. The molecule has 0 fully saturated rings. The molecule has 1 aromatic heterocycles. The van der Waals surface area contributed by atoms with Gasteiger partial charge in [-0.25, -0.2) is 9.07 Å². The monoisotopic (exact) mass is 440 g/mol. The molecular weight excluding hydrogens is 419 g/mol. The first kappa shape index (κ1) is 21.8. The molecule has 0 saturated carbocycles. The van der Waals surface area contributed by atoms with E-state index in [4.69, 9.17) is 10.00 Å². The Morgan fingerprint density at radius 1 is 1.09 bits per heavy atom. The Bertz CT molecular complexity index is 1280. The average molecular weight is 440 g/mol. The van der Waals surface area contributed by atoms with Crippen LogP contribution in [0.15, 0.2) is 85.1 Å². The molecule has 164 valence electrons. The number of benzene rings is 3. The molecule has 0 bridgehead atoms. The SMILES string of the molecule is CC(Oc1ccc(C#N)cc1)C(=O)NCc1cn(-c2ccccc2)nc1-c1ccc(F)cc1. The Kier molecular flexibility index (Phi) is 6.46. The van der Waals surface area contributed by atoms with Gasteiger partial charge in [0.1, 0.15) is 11.6 Å². The Morgan fingerprint density at radius 2 is 1.79 bits per heavy atom. The van der Waals surface area contributed by atoms with Crippen LogP contribution < -0.4 is 10.1 Å². The summed E-state index contributed by atoms with van der Waals surface area (Å²) in [4.78, 5) is 12.6. The highest BCUT2D eigenvalue weighted by Crippen LogP contribution is 2.24. The third-order valence-corrected chi connectivity index (χ3v) is 5.05. The van der Waals surface area contributed by atoms with E-state index in [9.17, 15) is 9.18 Å². The van der Waals surface area contributed by atoms with Crippen molar-refractivity contribution in [3.63, 3.8) is 0 Å². The van der Waals surface area contributed by atoms with Gasteiger partial charge in [0, 0.05) is 23.9 Å². The summed E-state index contributed by atoms with van der Waals surface area (Å²) in [5.41, 5.74) is 3.57. The summed E-state index contributed by atoms with van der Waals surface area (Å²) in [7, 11) is 0. The number of amides is 1. The molecule has 4 rings (SSSR count). The van der Waals surface area contributed by atoms with Crippen LogP contribution >= 0.6 is 0 Å². The Labute approximate surface area is 190 Å². The molecule has 0 spiro atoms. The molecule has 3 aromatic carbocycles. The quantitative estimate of drug-likeness (QED) is 0.454. The van der Waals surface area contributed by atoms with E-state index in [0.29, 0.717) is 17.0 Å². The zero-order valence-corrected chi connectivity index (χ0v) is 17.9. The minimum Gasteiger partial charge on any atom is -0.481 e. The van der Waals surface area contributed by atoms with Crippen LogP contribution in [0.5, 0.6) is 5.75 Å². The Morgan fingerprint density at radius 3 is 2.45 bits per heavy atom. The van der Waals surface area contributed by atoms with Crippen LogP contribution in [0.1, 0.15) is 18.1 Å². The van der Waals surface area contributed by atoms with Crippen molar-refractivity contribution in [1.82, 2.24) is 15.1 Å². The summed E-state index contributed by atoms with van der Waals surface area (Å²) in [6, 6.07) is 24.3. The van der Waals surface area contributed by atoms with E-state index in [-0.39, 0.29) is 18.3 Å². The van der Waals surface area contributed by atoms with Crippen molar-refractivity contribution >= 4 is 5.91 Å². The number of aromatic nitrogens is 2. The number of carbonyl (C=O) groups excluding carboxylic acids is 1. The third kappa shape index (κ3) is 5.25. The summed E-state index contributed by atoms with van der Waals surface area (Å²) >= 11 is 0. The molecule has 6 nitrogen and oxygen atoms in total. The molecule has 1 amide bonds. The molecular formula is C26H21FN4O2. The van der Waals surface area contributed by atoms with Crippen molar-refractivity contribution in [1.29, 1.82) is 5.26 Å². The van der Waals surface area contributed by atoms with Crippen molar-refractivity contribution in [3.05, 3.63) is 102 Å². The van der Waals surface area contributed by atoms with Gasteiger partial charge in [0.15, 0.2) is 6.10 Å². The van der Waals surface area contributed by atoms with Gasteiger partial charge in [-0.05, 0) is 67.6 Å². The molecule has 0 aliphatic rings. The maximum atomic E-state index is 13.4. The average Bonchev–Trinajstić information content (AvgIpc) is 3.28. The number of para-hydroxylation sites is 1. The maximum absolute atomic E-state index is 13.4. The lowest BCUT2D eigenvalue weighted by atomic mass is 10.1. The number of hydrogen-bond donors (Lipinski definition) is 1. The van der Waals surface area contributed by atoms with Gasteiger partial charge in [0.2, 0.25) is 0 Å². The lowest BCUT2D eigenvalue weighted by molar-refractivity contribution is -0.127. The van der Waals surface area contributed by atoms with Crippen molar-refractivity contribution in [2.75, 3.05) is 0 Å². The van der Waals surface area contributed by atoms with E-state index < -0.39 is 6.10 Å². The van der Waals surface area contributed by atoms with E-state index in [1.807, 2.05) is 42.6 Å². The lowest BCUT2D eigenvalue weighted by Crippen LogP contribution is -2.35. The van der Waals surface area contributed by atoms with Crippen LogP contribution in [0, 0.1) is 17.1 Å². The minimum atomic E-state index is -0.739. The van der Waals surface area contributed by atoms with E-state index in [0.717, 1.165) is 16.8 Å². The van der Waals surface area contributed by atoms with E-state index in [1.54, 1.807) is 48.0 Å². The standard InChI is InChI=1S/C26H21FN4O2/c1-18(33-24-13-7-19(15-28)8-14-24)26(32)29-16-21-17-31(23-5-3-2-4-6-23)30-25(21)20-9-11-22(27)12-10-20/h2-14,17-18H,16H2,1H3,(H,29,32). The van der Waals surface area contributed by atoms with Crippen molar-refractivity contribution in [2.24, 2.45) is 0 Å². The second-order valence-corrected chi connectivity index (χ2v) is 7.40. The van der Waals surface area contributed by atoms with Crippen LogP contribution in [-0.2, 0) is 11.3 Å². The fourth-order valence-corrected chi connectivity index (χ4v) is 3.29. The molecule has 0 saturated heterocycles. The maximum Gasteiger partial charge on any atom is 0.261 e. The predicted molar refractivity (Wildman–Crippen MR) is 122 cm³/mol. The van der Waals surface area contributed by atoms with Crippen molar-refractivity contribution in [3.8, 4) is 28.8 Å². The first-order chi connectivity index (χ1) is 16.0. The highest BCUT2D eigenvalue weighted by atomic mass is 19.1. The smallest absolute Gasteiger partial charge is 0.261 e. The molecule has 1 atom stereocenters. The number of ether oxygens (including phenoxy) is 1. The van der Waals surface area contributed by atoms with Crippen LogP contribution in [-0.4, -0.2) is 21.8 Å². The van der Waals surface area contributed by atoms with E-state index >= 15 is 0 Å². The number of nitrogens with one attached hydrogen (secondary N) is 1. The number of hydrogen-bond acceptors (Lipinski definition) is 4. The molecule has 0 aliphatic carbocycles. The fraction of sp³-hybridized carbons (Fsp3) is 0.115. The summed E-state index contributed by atoms with van der Waals surface area (Å²) in [5.74, 6) is -0.123. The largest absolute Gasteiger partial charge is 0.481 e. The van der Waals surface area contributed by atoms with Crippen molar-refractivity contribution in [2.45, 2.75) is 19.6 Å². The number of nitriles is 1. The van der Waals surface area contributed by atoms with Gasteiger partial charge in [-0.15, -0.1) is 0 Å². The number of halogens is 1. The first-order valence-electron chi connectivity index (χ1n) is 10.4. The predicted octanol–water partition coefficient (Wildman–Crippen LogP) is 4.63. The van der Waals surface area contributed by atoms with Gasteiger partial charge in [0.05, 0.1) is 23.0 Å². The molecule has 4 aromatic rings. The zero-order chi connectivity index (χ0) is 23.2. The molecule has 0 radical (unpaired) electrons. The molecule has 33 heavy (non-hydrogen) atoms. The van der Waals surface area contributed by atoms with Gasteiger partial charge in [0.25, 0.3) is 5.91 Å². The van der Waals surface area contributed by atoms with Crippen LogP contribution in [0.3, 0.4) is 0 Å². The van der Waals surface area contributed by atoms with Crippen LogP contribution in [0.2, 0.25) is 0 Å². The van der Waals surface area contributed by atoms with Crippen molar-refractivity contribution < 1.29 is 13.9 Å². The number of rotatable bonds is 7.